The summed E-state index contributed by atoms with van der Waals surface area (Å²) >= 11 is 0. The Hall–Kier alpha value is -4.68. The highest BCUT2D eigenvalue weighted by Crippen LogP contribution is 2.53. The molecule has 0 heteroatoms. The maximum atomic E-state index is 2.39. The van der Waals surface area contributed by atoms with Gasteiger partial charge in [-0.2, -0.15) is 0 Å². The third-order valence-electron chi connectivity index (χ3n) is 9.55. The number of benzene rings is 6. The third-order valence-corrected chi connectivity index (χ3v) is 9.55. The summed E-state index contributed by atoms with van der Waals surface area (Å²) in [4.78, 5) is 0. The summed E-state index contributed by atoms with van der Waals surface area (Å²) < 4.78 is 0. The highest BCUT2D eigenvalue weighted by molar-refractivity contribution is 5.83. The molecule has 0 N–H and O–H groups in total. The van der Waals surface area contributed by atoms with E-state index in [-0.39, 0.29) is 0 Å². The van der Waals surface area contributed by atoms with Crippen LogP contribution in [0.25, 0.3) is 22.3 Å². The Morgan fingerprint density at radius 1 is 0.333 bits per heavy atom. The molecule has 6 aromatic carbocycles. The van der Waals surface area contributed by atoms with E-state index in [0.717, 1.165) is 25.7 Å². The molecule has 0 fully saturated rings. The molecule has 0 saturated heterocycles. The van der Waals surface area contributed by atoms with E-state index in [9.17, 15) is 0 Å². The van der Waals surface area contributed by atoms with E-state index in [1.165, 1.54) is 66.8 Å². The minimum atomic E-state index is 0.427. The molecular weight excluding hydrogens is 504 g/mol. The Morgan fingerprint density at radius 2 is 0.714 bits per heavy atom. The average molecular weight is 539 g/mol. The molecule has 202 valence electrons. The van der Waals surface area contributed by atoms with E-state index in [1.54, 1.807) is 0 Å². The molecule has 0 saturated carbocycles. The van der Waals surface area contributed by atoms with Crippen LogP contribution in [0.1, 0.15) is 69.2 Å². The normalized spacial score (nSPS) is 16.0. The van der Waals surface area contributed by atoms with Gasteiger partial charge in [0.25, 0.3) is 0 Å². The van der Waals surface area contributed by atoms with Crippen molar-refractivity contribution >= 4 is 0 Å². The largest absolute Gasteiger partial charge is 0.0622 e. The first-order chi connectivity index (χ1) is 20.8. The van der Waals surface area contributed by atoms with Crippen LogP contribution in [-0.2, 0) is 12.8 Å². The maximum absolute atomic E-state index is 2.39. The van der Waals surface area contributed by atoms with Crippen molar-refractivity contribution in [1.29, 1.82) is 0 Å². The molecular formula is C42H34. The first-order valence-corrected chi connectivity index (χ1v) is 15.3. The van der Waals surface area contributed by atoms with Crippen LogP contribution in [0.5, 0.6) is 0 Å². The Bertz CT molecular complexity index is 1740. The highest BCUT2D eigenvalue weighted by atomic mass is 14.4. The summed E-state index contributed by atoms with van der Waals surface area (Å²) in [6, 6.07) is 54.1. The zero-order valence-corrected chi connectivity index (χ0v) is 23.8. The monoisotopic (exact) mass is 538 g/mol. The molecule has 0 aromatic heterocycles. The predicted molar refractivity (Wildman–Crippen MR) is 175 cm³/mol. The Morgan fingerprint density at radius 3 is 1.17 bits per heavy atom. The topological polar surface area (TPSA) is 0 Å². The van der Waals surface area contributed by atoms with Crippen molar-refractivity contribution in [3.05, 3.63) is 190 Å². The lowest BCUT2D eigenvalue weighted by Crippen LogP contribution is -2.03. The molecule has 6 aromatic rings. The molecule has 2 aliphatic carbocycles. The fourth-order valence-electron chi connectivity index (χ4n) is 7.75. The second-order valence-corrected chi connectivity index (χ2v) is 11.9. The van der Waals surface area contributed by atoms with Crippen LogP contribution < -0.4 is 0 Å². The van der Waals surface area contributed by atoms with Crippen molar-refractivity contribution in [1.82, 2.24) is 0 Å². The van der Waals surface area contributed by atoms with Gasteiger partial charge in [0, 0.05) is 11.8 Å². The zero-order valence-electron chi connectivity index (χ0n) is 23.8. The van der Waals surface area contributed by atoms with Gasteiger partial charge in [-0.3, -0.25) is 0 Å². The van der Waals surface area contributed by atoms with E-state index in [2.05, 4.69) is 146 Å². The first kappa shape index (κ1) is 25.1. The van der Waals surface area contributed by atoms with Gasteiger partial charge >= 0.3 is 0 Å². The Kier molecular flexibility index (Phi) is 6.34. The lowest BCUT2D eigenvalue weighted by molar-refractivity contribution is 0.625. The lowest BCUT2D eigenvalue weighted by Gasteiger charge is -2.19. The molecule has 2 aliphatic rings. The molecule has 0 spiro atoms. The molecule has 0 aliphatic heterocycles. The second-order valence-electron chi connectivity index (χ2n) is 11.9. The van der Waals surface area contributed by atoms with Gasteiger partial charge in [0.1, 0.15) is 0 Å². The number of hydrogen-bond donors (Lipinski definition) is 0. The summed E-state index contributed by atoms with van der Waals surface area (Å²) in [7, 11) is 0. The molecule has 8 rings (SSSR count). The van der Waals surface area contributed by atoms with Gasteiger partial charge in [-0.15, -0.1) is 0 Å². The minimum absolute atomic E-state index is 0.427. The van der Waals surface area contributed by atoms with Gasteiger partial charge in [0.2, 0.25) is 0 Å². The van der Waals surface area contributed by atoms with Crippen LogP contribution in [0.15, 0.2) is 146 Å². The van der Waals surface area contributed by atoms with Crippen molar-refractivity contribution < 1.29 is 0 Å². The molecule has 0 nitrogen and oxygen atoms in total. The summed E-state index contributed by atoms with van der Waals surface area (Å²) in [6.07, 6.45) is 4.22. The summed E-state index contributed by atoms with van der Waals surface area (Å²) in [6.45, 7) is 0. The van der Waals surface area contributed by atoms with Gasteiger partial charge in [0.05, 0.1) is 0 Å². The van der Waals surface area contributed by atoms with Gasteiger partial charge in [0.15, 0.2) is 0 Å². The van der Waals surface area contributed by atoms with Crippen molar-refractivity contribution in [2.45, 2.75) is 37.5 Å². The van der Waals surface area contributed by atoms with Crippen LogP contribution in [0.2, 0.25) is 0 Å². The number of fused-ring (bicyclic) bond motifs is 6. The zero-order chi connectivity index (χ0) is 27.9. The molecule has 2 atom stereocenters. The van der Waals surface area contributed by atoms with E-state index < -0.39 is 0 Å². The van der Waals surface area contributed by atoms with Crippen LogP contribution in [0.4, 0.5) is 0 Å². The maximum Gasteiger partial charge on any atom is 0.0102 e. The standard InChI is InChI=1S/C42H34/c1-3-13-29(14-4-1)27-31-17-11-23-39-35(33-19-7-9-21-37(33)41(31)39)25-26-36-34-20-8-10-22-38(34)42-32(18-12-24-40(36)42)28-30-15-5-2-6-16-30/h1-24,35-36H,25-28H2. The van der Waals surface area contributed by atoms with Crippen molar-refractivity contribution in [3.63, 3.8) is 0 Å². The van der Waals surface area contributed by atoms with Crippen molar-refractivity contribution in [3.8, 4) is 22.3 Å². The first-order valence-electron chi connectivity index (χ1n) is 15.3. The fraction of sp³-hybridized carbons (Fsp3) is 0.143. The van der Waals surface area contributed by atoms with Gasteiger partial charge in [-0.05, 0) is 92.4 Å². The molecule has 2 unspecified atom stereocenters. The quantitative estimate of drug-likeness (QED) is 0.190. The summed E-state index contributed by atoms with van der Waals surface area (Å²) in [5.41, 5.74) is 17.4. The minimum Gasteiger partial charge on any atom is -0.0622 e. The molecule has 0 radical (unpaired) electrons. The van der Waals surface area contributed by atoms with Crippen LogP contribution in [0.3, 0.4) is 0 Å². The van der Waals surface area contributed by atoms with Crippen molar-refractivity contribution in [2.75, 3.05) is 0 Å². The molecule has 0 heterocycles. The molecule has 42 heavy (non-hydrogen) atoms. The number of rotatable bonds is 7. The van der Waals surface area contributed by atoms with Gasteiger partial charge < -0.3 is 0 Å². The second kappa shape index (κ2) is 10.6. The predicted octanol–water partition coefficient (Wildman–Crippen LogP) is 10.6. The van der Waals surface area contributed by atoms with Crippen LogP contribution >= 0.6 is 0 Å². The third kappa shape index (κ3) is 4.30. The van der Waals surface area contributed by atoms with E-state index >= 15 is 0 Å². The van der Waals surface area contributed by atoms with Crippen LogP contribution in [-0.4, -0.2) is 0 Å². The van der Waals surface area contributed by atoms with E-state index in [0.29, 0.717) is 11.8 Å². The SMILES string of the molecule is c1ccc(Cc2cccc3c2-c2ccccc2C3CCC2c3ccccc3-c3c(Cc4ccccc4)cccc32)cc1. The average Bonchev–Trinajstić information content (AvgIpc) is 3.54. The molecule has 0 bridgehead atoms. The Balaban J connectivity index is 1.15. The fourth-order valence-corrected chi connectivity index (χ4v) is 7.75. The Labute approximate surface area is 249 Å². The summed E-state index contributed by atoms with van der Waals surface area (Å²) in [5, 5.41) is 0. The van der Waals surface area contributed by atoms with Gasteiger partial charge in [-0.1, -0.05) is 146 Å². The summed E-state index contributed by atoms with van der Waals surface area (Å²) in [5.74, 6) is 0.853. The van der Waals surface area contributed by atoms with Gasteiger partial charge in [-0.25, -0.2) is 0 Å². The van der Waals surface area contributed by atoms with E-state index in [1.807, 2.05) is 0 Å². The highest BCUT2D eigenvalue weighted by Gasteiger charge is 2.34. The smallest absolute Gasteiger partial charge is 0.0102 e. The number of hydrogen-bond acceptors (Lipinski definition) is 0. The van der Waals surface area contributed by atoms with Crippen LogP contribution in [0, 0.1) is 0 Å². The van der Waals surface area contributed by atoms with E-state index in [4.69, 9.17) is 0 Å². The lowest BCUT2D eigenvalue weighted by atomic mass is 9.84. The van der Waals surface area contributed by atoms with Crippen molar-refractivity contribution in [2.24, 2.45) is 0 Å². The molecule has 0 amide bonds.